The highest BCUT2D eigenvalue weighted by Crippen LogP contribution is 2.19. The van der Waals surface area contributed by atoms with Crippen LogP contribution in [0.4, 0.5) is 5.69 Å². The highest BCUT2D eigenvalue weighted by atomic mass is 16.4. The molecule has 20 heavy (non-hydrogen) atoms. The van der Waals surface area contributed by atoms with E-state index in [0.717, 1.165) is 12.2 Å². The fraction of sp³-hybridized carbons (Fsp3) is 0.308. The molecule has 1 aromatic carbocycles. The quantitative estimate of drug-likeness (QED) is 0.824. The number of likely N-dealkylation sites (N-methyl/N-ethyl adjacent to an activating group) is 1. The SMILES string of the molecule is CCN(CCn1cc(C(=O)O)nn1)c1cccc(O)c1. The number of aromatic hydroxyl groups is 1. The summed E-state index contributed by atoms with van der Waals surface area (Å²) in [5, 5.41) is 25.6. The summed E-state index contributed by atoms with van der Waals surface area (Å²) in [7, 11) is 0. The monoisotopic (exact) mass is 276 g/mol. The first-order valence-corrected chi connectivity index (χ1v) is 6.27. The number of aromatic nitrogens is 3. The highest BCUT2D eigenvalue weighted by molar-refractivity contribution is 5.84. The van der Waals surface area contributed by atoms with Gasteiger partial charge in [-0.2, -0.15) is 0 Å². The lowest BCUT2D eigenvalue weighted by Gasteiger charge is -2.23. The molecule has 1 aromatic heterocycles. The number of carboxylic acid groups (broad SMARTS) is 1. The van der Waals surface area contributed by atoms with Crippen LogP contribution in [-0.2, 0) is 6.54 Å². The Morgan fingerprint density at radius 3 is 2.85 bits per heavy atom. The van der Waals surface area contributed by atoms with Gasteiger partial charge in [0.15, 0.2) is 5.69 Å². The van der Waals surface area contributed by atoms with E-state index in [0.29, 0.717) is 13.1 Å². The van der Waals surface area contributed by atoms with Gasteiger partial charge in [0.1, 0.15) is 5.75 Å². The number of benzene rings is 1. The third-order valence-electron chi connectivity index (χ3n) is 2.93. The zero-order valence-corrected chi connectivity index (χ0v) is 11.1. The van der Waals surface area contributed by atoms with Gasteiger partial charge in [-0.1, -0.05) is 11.3 Å². The van der Waals surface area contributed by atoms with Crippen LogP contribution in [0.5, 0.6) is 5.75 Å². The van der Waals surface area contributed by atoms with Gasteiger partial charge in [0.05, 0.1) is 12.7 Å². The minimum absolute atomic E-state index is 0.0644. The molecule has 0 radical (unpaired) electrons. The molecule has 0 aliphatic carbocycles. The van der Waals surface area contributed by atoms with Gasteiger partial charge in [-0.25, -0.2) is 9.48 Å². The Bertz CT molecular complexity index is 597. The Labute approximate surface area is 116 Å². The second-order valence-electron chi connectivity index (χ2n) is 4.27. The molecule has 0 aliphatic heterocycles. The van der Waals surface area contributed by atoms with Gasteiger partial charge < -0.3 is 15.1 Å². The van der Waals surface area contributed by atoms with E-state index in [-0.39, 0.29) is 11.4 Å². The fourth-order valence-electron chi connectivity index (χ4n) is 1.89. The Balaban J connectivity index is 2.01. The predicted molar refractivity (Wildman–Crippen MR) is 73.0 cm³/mol. The lowest BCUT2D eigenvalue weighted by Crippen LogP contribution is -2.27. The maximum absolute atomic E-state index is 10.7. The molecule has 0 aliphatic rings. The molecule has 2 N–H and O–H groups in total. The Morgan fingerprint density at radius 2 is 2.25 bits per heavy atom. The predicted octanol–water partition coefficient (Wildman–Crippen LogP) is 1.21. The molecule has 0 fully saturated rings. The first-order valence-electron chi connectivity index (χ1n) is 6.27. The standard InChI is InChI=1S/C13H16N4O3/c1-2-16(10-4-3-5-11(18)8-10)6-7-17-9-12(13(19)20)14-15-17/h3-5,8-9,18H,2,6-7H2,1H3,(H,19,20). The Kier molecular flexibility index (Phi) is 4.19. The Morgan fingerprint density at radius 1 is 1.45 bits per heavy atom. The topological polar surface area (TPSA) is 91.5 Å². The van der Waals surface area contributed by atoms with Crippen LogP contribution in [0.3, 0.4) is 0 Å². The summed E-state index contributed by atoms with van der Waals surface area (Å²) in [6, 6.07) is 7.00. The number of carboxylic acids is 1. The molecule has 0 saturated heterocycles. The molecule has 0 unspecified atom stereocenters. The van der Waals surface area contributed by atoms with Crippen LogP contribution >= 0.6 is 0 Å². The third kappa shape index (κ3) is 3.25. The third-order valence-corrected chi connectivity index (χ3v) is 2.93. The second kappa shape index (κ2) is 6.05. The fourth-order valence-corrected chi connectivity index (χ4v) is 1.89. The number of anilines is 1. The van der Waals surface area contributed by atoms with E-state index in [9.17, 15) is 9.90 Å². The first kappa shape index (κ1) is 13.9. The number of hydrogen-bond acceptors (Lipinski definition) is 5. The summed E-state index contributed by atoms with van der Waals surface area (Å²) in [4.78, 5) is 12.8. The van der Waals surface area contributed by atoms with Crippen molar-refractivity contribution in [2.75, 3.05) is 18.0 Å². The van der Waals surface area contributed by atoms with Crippen molar-refractivity contribution in [1.29, 1.82) is 0 Å². The first-order chi connectivity index (χ1) is 9.60. The average Bonchev–Trinajstić information content (AvgIpc) is 2.88. The van der Waals surface area contributed by atoms with E-state index < -0.39 is 5.97 Å². The van der Waals surface area contributed by atoms with Gasteiger partial charge >= 0.3 is 5.97 Å². The summed E-state index contributed by atoms with van der Waals surface area (Å²) in [5.74, 6) is -0.869. The van der Waals surface area contributed by atoms with Crippen LogP contribution in [0.25, 0.3) is 0 Å². The number of aromatic carboxylic acids is 1. The molecule has 7 heteroatoms. The van der Waals surface area contributed by atoms with Crippen molar-refractivity contribution < 1.29 is 15.0 Å². The van der Waals surface area contributed by atoms with Crippen LogP contribution in [-0.4, -0.2) is 44.3 Å². The van der Waals surface area contributed by atoms with E-state index in [1.807, 2.05) is 13.0 Å². The maximum Gasteiger partial charge on any atom is 0.358 e. The van der Waals surface area contributed by atoms with Crippen LogP contribution in [0, 0.1) is 0 Å². The van der Waals surface area contributed by atoms with E-state index in [1.54, 1.807) is 18.2 Å². The zero-order valence-electron chi connectivity index (χ0n) is 11.1. The highest BCUT2D eigenvalue weighted by Gasteiger charge is 2.09. The molecule has 0 spiro atoms. The molecular weight excluding hydrogens is 260 g/mol. The summed E-state index contributed by atoms with van der Waals surface area (Å²) in [6.07, 6.45) is 1.40. The molecule has 7 nitrogen and oxygen atoms in total. The molecule has 106 valence electrons. The molecule has 2 aromatic rings. The Hall–Kier alpha value is -2.57. The number of phenols is 1. The minimum Gasteiger partial charge on any atom is -0.508 e. The molecule has 0 bridgehead atoms. The number of hydrogen-bond donors (Lipinski definition) is 2. The van der Waals surface area contributed by atoms with Gasteiger partial charge in [-0.15, -0.1) is 5.10 Å². The summed E-state index contributed by atoms with van der Waals surface area (Å²) < 4.78 is 1.49. The average molecular weight is 276 g/mol. The van der Waals surface area contributed by atoms with Crippen molar-refractivity contribution in [2.24, 2.45) is 0 Å². The van der Waals surface area contributed by atoms with E-state index >= 15 is 0 Å². The van der Waals surface area contributed by atoms with Crippen molar-refractivity contribution in [1.82, 2.24) is 15.0 Å². The smallest absolute Gasteiger partial charge is 0.358 e. The van der Waals surface area contributed by atoms with Crippen molar-refractivity contribution in [3.05, 3.63) is 36.2 Å². The lowest BCUT2D eigenvalue weighted by molar-refractivity contribution is 0.0690. The van der Waals surface area contributed by atoms with Crippen LogP contribution in [0.15, 0.2) is 30.5 Å². The van der Waals surface area contributed by atoms with Gasteiger partial charge in [0.25, 0.3) is 0 Å². The van der Waals surface area contributed by atoms with Gasteiger partial charge in [-0.05, 0) is 19.1 Å². The summed E-state index contributed by atoms with van der Waals surface area (Å²) in [6.45, 7) is 3.93. The normalized spacial score (nSPS) is 10.4. The number of carbonyl (C=O) groups is 1. The molecule has 0 saturated carbocycles. The van der Waals surface area contributed by atoms with E-state index in [4.69, 9.17) is 5.11 Å². The van der Waals surface area contributed by atoms with Crippen LogP contribution < -0.4 is 4.90 Å². The zero-order chi connectivity index (χ0) is 14.5. The number of rotatable bonds is 6. The minimum atomic E-state index is -1.09. The summed E-state index contributed by atoms with van der Waals surface area (Å²) >= 11 is 0. The van der Waals surface area contributed by atoms with Gasteiger partial charge in [0, 0.05) is 24.8 Å². The van der Waals surface area contributed by atoms with E-state index in [1.165, 1.54) is 10.9 Å². The second-order valence-corrected chi connectivity index (χ2v) is 4.27. The van der Waals surface area contributed by atoms with E-state index in [2.05, 4.69) is 15.2 Å². The van der Waals surface area contributed by atoms with Crippen LogP contribution in [0.1, 0.15) is 17.4 Å². The molecule has 0 amide bonds. The molecular formula is C13H16N4O3. The number of phenolic OH excluding ortho intramolecular Hbond substituents is 1. The van der Waals surface area contributed by atoms with Crippen molar-refractivity contribution >= 4 is 11.7 Å². The maximum atomic E-state index is 10.7. The molecule has 1 heterocycles. The molecule has 0 atom stereocenters. The largest absolute Gasteiger partial charge is 0.508 e. The molecule has 2 rings (SSSR count). The number of nitrogens with zero attached hydrogens (tertiary/aromatic N) is 4. The van der Waals surface area contributed by atoms with Crippen molar-refractivity contribution in [3.8, 4) is 5.75 Å². The van der Waals surface area contributed by atoms with Crippen molar-refractivity contribution in [3.63, 3.8) is 0 Å². The van der Waals surface area contributed by atoms with Crippen LogP contribution in [0.2, 0.25) is 0 Å². The van der Waals surface area contributed by atoms with Gasteiger partial charge in [0.2, 0.25) is 0 Å². The lowest BCUT2D eigenvalue weighted by atomic mass is 10.2. The van der Waals surface area contributed by atoms with Gasteiger partial charge in [-0.3, -0.25) is 0 Å². The summed E-state index contributed by atoms with van der Waals surface area (Å²) in [5.41, 5.74) is 0.844. The van der Waals surface area contributed by atoms with Crippen molar-refractivity contribution in [2.45, 2.75) is 13.5 Å².